The van der Waals surface area contributed by atoms with E-state index >= 15 is 0 Å². The molecule has 9 heteroatoms. The zero-order valence-corrected chi connectivity index (χ0v) is 18.2. The normalized spacial score (nSPS) is 17.8. The number of para-hydroxylation sites is 1. The summed E-state index contributed by atoms with van der Waals surface area (Å²) in [6.45, 7) is 4.39. The fourth-order valence-corrected chi connectivity index (χ4v) is 5.16. The molecule has 3 aromatic heterocycles. The van der Waals surface area contributed by atoms with Crippen LogP contribution in [0.2, 0.25) is 0 Å². The summed E-state index contributed by atoms with van der Waals surface area (Å²) in [4.78, 5) is 22.5. The number of furan rings is 1. The lowest BCUT2D eigenvalue weighted by molar-refractivity contribution is 0.429. The van der Waals surface area contributed by atoms with E-state index in [1.807, 2.05) is 24.3 Å². The summed E-state index contributed by atoms with van der Waals surface area (Å²) in [6.07, 6.45) is 4.74. The third kappa shape index (κ3) is 3.40. The average molecular weight is 437 g/mol. The van der Waals surface area contributed by atoms with E-state index in [0.717, 1.165) is 35.5 Å². The second-order valence-corrected chi connectivity index (χ2v) is 9.57. The summed E-state index contributed by atoms with van der Waals surface area (Å²) in [5, 5.41) is 10.8. The van der Waals surface area contributed by atoms with Gasteiger partial charge in [-0.2, -0.15) is 0 Å². The molecule has 1 aliphatic heterocycles. The first kappa shape index (κ1) is 18.9. The molecule has 1 N–H and O–H groups in total. The molecule has 0 radical (unpaired) electrons. The Kier molecular flexibility index (Phi) is 4.52. The van der Waals surface area contributed by atoms with Gasteiger partial charge in [-0.15, -0.1) is 10.2 Å². The van der Waals surface area contributed by atoms with Crippen molar-refractivity contribution in [1.82, 2.24) is 24.7 Å². The van der Waals surface area contributed by atoms with Crippen molar-refractivity contribution >= 4 is 39.8 Å². The Morgan fingerprint density at radius 1 is 1.16 bits per heavy atom. The van der Waals surface area contributed by atoms with E-state index in [-0.39, 0.29) is 11.1 Å². The monoisotopic (exact) mass is 436 g/mol. The lowest BCUT2D eigenvalue weighted by Crippen LogP contribution is -2.34. The zero-order chi connectivity index (χ0) is 20.9. The first-order valence-corrected chi connectivity index (χ1v) is 11.9. The predicted octanol–water partition coefficient (Wildman–Crippen LogP) is 4.12. The Labute approximate surface area is 183 Å². The van der Waals surface area contributed by atoms with E-state index in [1.165, 1.54) is 25.7 Å². The van der Waals surface area contributed by atoms with Crippen molar-refractivity contribution in [3.63, 3.8) is 0 Å². The second kappa shape index (κ2) is 7.40. The molecule has 1 saturated heterocycles. The van der Waals surface area contributed by atoms with Gasteiger partial charge in [-0.25, -0.2) is 4.98 Å². The van der Waals surface area contributed by atoms with Gasteiger partial charge in [0.1, 0.15) is 16.9 Å². The summed E-state index contributed by atoms with van der Waals surface area (Å²) in [6, 6.07) is 8.08. The molecule has 31 heavy (non-hydrogen) atoms. The van der Waals surface area contributed by atoms with Gasteiger partial charge in [0, 0.05) is 24.5 Å². The smallest absolute Gasteiger partial charge is 0.294 e. The fraction of sp³-hybridized carbons (Fsp3) is 0.455. The van der Waals surface area contributed by atoms with Crippen molar-refractivity contribution < 1.29 is 4.42 Å². The molecule has 0 atom stereocenters. The highest BCUT2D eigenvalue weighted by Crippen LogP contribution is 2.41. The Hall–Kier alpha value is -2.81. The molecule has 2 aliphatic rings. The number of aromatic nitrogens is 5. The molecule has 0 unspecified atom stereocenters. The van der Waals surface area contributed by atoms with E-state index in [0.29, 0.717) is 28.7 Å². The van der Waals surface area contributed by atoms with Gasteiger partial charge in [0.05, 0.1) is 5.75 Å². The molecular formula is C22H24N6O2S. The molecular weight excluding hydrogens is 412 g/mol. The zero-order valence-electron chi connectivity index (χ0n) is 17.4. The van der Waals surface area contributed by atoms with Crippen molar-refractivity contribution in [3.8, 4) is 0 Å². The minimum Gasteiger partial charge on any atom is -0.449 e. The maximum atomic E-state index is 12.6. The molecule has 2 fully saturated rings. The molecule has 160 valence electrons. The number of H-pyrrole nitrogens is 1. The first-order valence-electron chi connectivity index (χ1n) is 10.9. The maximum Gasteiger partial charge on any atom is 0.294 e. The van der Waals surface area contributed by atoms with E-state index in [9.17, 15) is 4.79 Å². The molecule has 6 rings (SSSR count). The summed E-state index contributed by atoms with van der Waals surface area (Å²) < 4.78 is 7.99. The molecule has 0 bridgehead atoms. The number of benzene rings is 1. The summed E-state index contributed by atoms with van der Waals surface area (Å²) in [5.41, 5.74) is 1.32. The Balaban J connectivity index is 1.29. The van der Waals surface area contributed by atoms with Gasteiger partial charge in [-0.1, -0.05) is 30.8 Å². The molecule has 0 spiro atoms. The van der Waals surface area contributed by atoms with Gasteiger partial charge < -0.3 is 14.3 Å². The van der Waals surface area contributed by atoms with E-state index in [4.69, 9.17) is 9.40 Å². The van der Waals surface area contributed by atoms with E-state index in [2.05, 4.69) is 31.6 Å². The third-order valence-corrected chi connectivity index (χ3v) is 7.20. The predicted molar refractivity (Wildman–Crippen MR) is 121 cm³/mol. The van der Waals surface area contributed by atoms with Crippen molar-refractivity contribution in [1.29, 1.82) is 0 Å². The van der Waals surface area contributed by atoms with Crippen LogP contribution in [0.25, 0.3) is 22.1 Å². The molecule has 1 saturated carbocycles. The van der Waals surface area contributed by atoms with Gasteiger partial charge >= 0.3 is 0 Å². The number of thioether (sulfide) groups is 1. The van der Waals surface area contributed by atoms with Crippen LogP contribution >= 0.6 is 11.8 Å². The maximum absolute atomic E-state index is 12.6. The SMILES string of the molecule is CC1CCN(c2nnc(SCc3nc4c(oc5ccccc54)c(=O)[nH]3)n2C2CC2)CC1. The minimum atomic E-state index is -0.247. The quantitative estimate of drug-likeness (QED) is 0.470. The van der Waals surface area contributed by atoms with Crippen LogP contribution in [0.4, 0.5) is 5.95 Å². The van der Waals surface area contributed by atoms with Crippen molar-refractivity contribution in [2.75, 3.05) is 18.0 Å². The van der Waals surface area contributed by atoms with Crippen LogP contribution in [0.1, 0.15) is 44.5 Å². The van der Waals surface area contributed by atoms with Crippen LogP contribution in [0.5, 0.6) is 0 Å². The number of nitrogens with one attached hydrogen (secondary N) is 1. The second-order valence-electron chi connectivity index (χ2n) is 8.63. The van der Waals surface area contributed by atoms with Gasteiger partial charge in [-0.3, -0.25) is 9.36 Å². The molecule has 1 aliphatic carbocycles. The number of anilines is 1. The van der Waals surface area contributed by atoms with Crippen molar-refractivity contribution in [3.05, 3.63) is 40.4 Å². The largest absolute Gasteiger partial charge is 0.449 e. The lowest BCUT2D eigenvalue weighted by Gasteiger charge is -2.31. The molecule has 8 nitrogen and oxygen atoms in total. The van der Waals surface area contributed by atoms with Crippen LogP contribution in [0.3, 0.4) is 0 Å². The highest BCUT2D eigenvalue weighted by atomic mass is 32.2. The fourth-order valence-electron chi connectivity index (χ4n) is 4.29. The highest BCUT2D eigenvalue weighted by molar-refractivity contribution is 7.98. The number of fused-ring (bicyclic) bond motifs is 3. The van der Waals surface area contributed by atoms with E-state index in [1.54, 1.807) is 11.8 Å². The van der Waals surface area contributed by atoms with Crippen LogP contribution in [-0.2, 0) is 5.75 Å². The van der Waals surface area contributed by atoms with E-state index < -0.39 is 0 Å². The molecule has 1 aromatic carbocycles. The summed E-state index contributed by atoms with van der Waals surface area (Å²) >= 11 is 1.58. The van der Waals surface area contributed by atoms with Crippen LogP contribution in [-0.4, -0.2) is 37.8 Å². The van der Waals surface area contributed by atoms with Crippen molar-refractivity contribution in [2.24, 2.45) is 5.92 Å². The average Bonchev–Trinajstić information content (AvgIpc) is 3.42. The Morgan fingerprint density at radius 2 is 1.97 bits per heavy atom. The molecule has 4 aromatic rings. The Morgan fingerprint density at radius 3 is 2.77 bits per heavy atom. The summed E-state index contributed by atoms with van der Waals surface area (Å²) in [5.74, 6) is 2.91. The van der Waals surface area contributed by atoms with Crippen LogP contribution in [0.15, 0.2) is 38.6 Å². The van der Waals surface area contributed by atoms with Crippen LogP contribution in [0, 0.1) is 5.92 Å². The highest BCUT2D eigenvalue weighted by Gasteiger charge is 2.32. The number of hydrogen-bond donors (Lipinski definition) is 1. The number of hydrogen-bond acceptors (Lipinski definition) is 7. The van der Waals surface area contributed by atoms with Gasteiger partial charge in [0.15, 0.2) is 5.16 Å². The first-order chi connectivity index (χ1) is 15.2. The number of piperidine rings is 1. The molecule has 0 amide bonds. The number of rotatable bonds is 5. The standard InChI is InChI=1S/C22H24N6O2S/c1-13-8-10-27(11-9-13)21-25-26-22(28(21)14-6-7-14)31-12-17-23-18-15-4-2-3-5-16(15)30-19(18)20(29)24-17/h2-5,13-14H,6-12H2,1H3,(H,23,24,29). The summed E-state index contributed by atoms with van der Waals surface area (Å²) in [7, 11) is 0. The number of aromatic amines is 1. The Bertz CT molecular complexity index is 1310. The van der Waals surface area contributed by atoms with Gasteiger partial charge in [-0.05, 0) is 43.7 Å². The molecule has 4 heterocycles. The minimum absolute atomic E-state index is 0.247. The van der Waals surface area contributed by atoms with Crippen molar-refractivity contribution in [2.45, 2.75) is 49.6 Å². The third-order valence-electron chi connectivity index (χ3n) is 6.24. The van der Waals surface area contributed by atoms with Gasteiger partial charge in [0.25, 0.3) is 5.56 Å². The van der Waals surface area contributed by atoms with Crippen LogP contribution < -0.4 is 10.5 Å². The topological polar surface area (TPSA) is 92.8 Å². The lowest BCUT2D eigenvalue weighted by atomic mass is 10.00. The van der Waals surface area contributed by atoms with Gasteiger partial charge in [0.2, 0.25) is 11.5 Å². The number of nitrogens with zero attached hydrogens (tertiary/aromatic N) is 5.